The molecule has 0 saturated carbocycles. The molecule has 1 aliphatic heterocycles. The van der Waals surface area contributed by atoms with Crippen molar-refractivity contribution in [2.45, 2.75) is 71.8 Å². The Morgan fingerprint density at radius 3 is 2.38 bits per heavy atom. The van der Waals surface area contributed by atoms with Gasteiger partial charge in [0.15, 0.2) is 0 Å². The quantitative estimate of drug-likeness (QED) is 0.350. The van der Waals surface area contributed by atoms with Crippen LogP contribution < -0.4 is 4.74 Å². The second kappa shape index (κ2) is 11.5. The minimum Gasteiger partial charge on any atom is -0.494 e. The summed E-state index contributed by atoms with van der Waals surface area (Å²) in [6.07, 6.45) is 9.94. The monoisotopic (exact) mass is 433 g/mol. The van der Waals surface area contributed by atoms with Gasteiger partial charge in [0, 0.05) is 13.0 Å². The Bertz CT molecular complexity index is 965. The van der Waals surface area contributed by atoms with E-state index in [1.54, 1.807) is 0 Å². The van der Waals surface area contributed by atoms with Crippen LogP contribution in [-0.4, -0.2) is 40.7 Å². The van der Waals surface area contributed by atoms with Crippen LogP contribution in [0.1, 0.15) is 61.9 Å². The van der Waals surface area contributed by atoms with E-state index in [9.17, 15) is 0 Å². The first-order chi connectivity index (χ1) is 15.7. The van der Waals surface area contributed by atoms with E-state index in [2.05, 4.69) is 65.8 Å². The highest BCUT2D eigenvalue weighted by atomic mass is 16.5. The predicted octanol–water partition coefficient (Wildman–Crippen LogP) is 6.32. The van der Waals surface area contributed by atoms with E-state index in [1.165, 1.54) is 74.2 Å². The number of hydrogen-bond donors (Lipinski definition) is 0. The number of para-hydroxylation sites is 2. The van der Waals surface area contributed by atoms with Gasteiger partial charge in [-0.2, -0.15) is 0 Å². The SMILES string of the molecule is Cc1cc(C)cc(OCCCCn2c(CCCN3CCCCCC3)nc3ccccc32)c1. The number of hydrogen-bond acceptors (Lipinski definition) is 3. The molecule has 172 valence electrons. The average Bonchev–Trinajstić information content (AvgIpc) is 2.92. The summed E-state index contributed by atoms with van der Waals surface area (Å²) in [4.78, 5) is 7.65. The van der Waals surface area contributed by atoms with Gasteiger partial charge >= 0.3 is 0 Å². The van der Waals surface area contributed by atoms with Crippen LogP contribution in [-0.2, 0) is 13.0 Å². The largest absolute Gasteiger partial charge is 0.494 e. The number of fused-ring (bicyclic) bond motifs is 1. The first-order valence-corrected chi connectivity index (χ1v) is 12.6. The summed E-state index contributed by atoms with van der Waals surface area (Å²) in [5, 5.41) is 0. The van der Waals surface area contributed by atoms with Crippen LogP contribution in [0, 0.1) is 13.8 Å². The molecular formula is C28H39N3O. The molecule has 1 aromatic heterocycles. The molecule has 0 N–H and O–H groups in total. The fourth-order valence-corrected chi connectivity index (χ4v) is 4.96. The highest BCUT2D eigenvalue weighted by Gasteiger charge is 2.12. The van der Waals surface area contributed by atoms with E-state index in [-0.39, 0.29) is 0 Å². The fourth-order valence-electron chi connectivity index (χ4n) is 4.96. The predicted molar refractivity (Wildman–Crippen MR) is 134 cm³/mol. The zero-order valence-corrected chi connectivity index (χ0v) is 20.0. The molecule has 4 rings (SSSR count). The lowest BCUT2D eigenvalue weighted by molar-refractivity contribution is 0.280. The maximum absolute atomic E-state index is 6.02. The molecule has 1 saturated heterocycles. The second-order valence-corrected chi connectivity index (χ2v) is 9.41. The van der Waals surface area contributed by atoms with Crippen LogP contribution in [0.25, 0.3) is 11.0 Å². The van der Waals surface area contributed by atoms with Gasteiger partial charge in [0.2, 0.25) is 0 Å². The van der Waals surface area contributed by atoms with Crippen molar-refractivity contribution in [1.82, 2.24) is 14.5 Å². The van der Waals surface area contributed by atoms with Gasteiger partial charge in [0.25, 0.3) is 0 Å². The van der Waals surface area contributed by atoms with E-state index >= 15 is 0 Å². The van der Waals surface area contributed by atoms with E-state index in [1.807, 2.05) is 0 Å². The van der Waals surface area contributed by atoms with Crippen LogP contribution in [0.3, 0.4) is 0 Å². The molecule has 4 nitrogen and oxygen atoms in total. The molecule has 1 fully saturated rings. The number of nitrogens with zero attached hydrogens (tertiary/aromatic N) is 3. The molecular weight excluding hydrogens is 394 g/mol. The van der Waals surface area contributed by atoms with Crippen molar-refractivity contribution in [3.05, 3.63) is 59.4 Å². The van der Waals surface area contributed by atoms with Crippen LogP contribution in [0.15, 0.2) is 42.5 Å². The average molecular weight is 434 g/mol. The van der Waals surface area contributed by atoms with Gasteiger partial charge in [-0.1, -0.05) is 31.0 Å². The van der Waals surface area contributed by atoms with Crippen molar-refractivity contribution in [2.75, 3.05) is 26.2 Å². The highest BCUT2D eigenvalue weighted by Crippen LogP contribution is 2.20. The van der Waals surface area contributed by atoms with Gasteiger partial charge < -0.3 is 14.2 Å². The van der Waals surface area contributed by atoms with E-state index < -0.39 is 0 Å². The maximum atomic E-state index is 6.02. The third-order valence-corrected chi connectivity index (χ3v) is 6.55. The van der Waals surface area contributed by atoms with Crippen LogP contribution in [0.4, 0.5) is 0 Å². The van der Waals surface area contributed by atoms with Gasteiger partial charge in [-0.05, 0) is 101 Å². The zero-order chi connectivity index (χ0) is 22.2. The molecule has 0 radical (unpaired) electrons. The molecule has 0 spiro atoms. The van der Waals surface area contributed by atoms with Gasteiger partial charge in [-0.15, -0.1) is 0 Å². The number of rotatable bonds is 10. The number of imidazole rings is 1. The topological polar surface area (TPSA) is 30.3 Å². The molecule has 0 atom stereocenters. The standard InChI is InChI=1S/C28H39N3O/c1-23-20-24(2)22-25(21-23)32-19-10-9-18-31-27-13-6-5-12-26(27)29-28(31)14-11-17-30-15-7-3-4-8-16-30/h5-6,12-13,20-22H,3-4,7-11,14-19H2,1-2H3. The van der Waals surface area contributed by atoms with Crippen molar-refractivity contribution < 1.29 is 4.74 Å². The minimum atomic E-state index is 0.764. The molecule has 4 heteroatoms. The van der Waals surface area contributed by atoms with Crippen LogP contribution >= 0.6 is 0 Å². The number of benzene rings is 2. The molecule has 0 unspecified atom stereocenters. The Balaban J connectivity index is 1.30. The number of aryl methyl sites for hydroxylation is 4. The molecule has 32 heavy (non-hydrogen) atoms. The normalized spacial score (nSPS) is 15.2. The first kappa shape index (κ1) is 22.8. The summed E-state index contributed by atoms with van der Waals surface area (Å²) in [5.74, 6) is 2.24. The summed E-state index contributed by atoms with van der Waals surface area (Å²) >= 11 is 0. The van der Waals surface area contributed by atoms with Crippen molar-refractivity contribution in [3.8, 4) is 5.75 Å². The van der Waals surface area contributed by atoms with E-state index in [0.717, 1.165) is 43.7 Å². The highest BCUT2D eigenvalue weighted by molar-refractivity contribution is 5.75. The number of aromatic nitrogens is 2. The lowest BCUT2D eigenvalue weighted by Crippen LogP contribution is -2.26. The van der Waals surface area contributed by atoms with Crippen molar-refractivity contribution in [2.24, 2.45) is 0 Å². The van der Waals surface area contributed by atoms with Gasteiger partial charge in [0.05, 0.1) is 17.6 Å². The summed E-state index contributed by atoms with van der Waals surface area (Å²) in [6, 6.07) is 15.0. The first-order valence-electron chi connectivity index (χ1n) is 12.6. The smallest absolute Gasteiger partial charge is 0.119 e. The van der Waals surface area contributed by atoms with E-state index in [4.69, 9.17) is 9.72 Å². The molecule has 0 bridgehead atoms. The zero-order valence-electron chi connectivity index (χ0n) is 20.0. The Morgan fingerprint density at radius 2 is 1.59 bits per heavy atom. The molecule has 0 amide bonds. The Labute approximate surface area is 193 Å². The maximum Gasteiger partial charge on any atom is 0.119 e. The lowest BCUT2D eigenvalue weighted by atomic mass is 10.1. The Hall–Kier alpha value is -2.33. The number of ether oxygens (including phenoxy) is 1. The fraction of sp³-hybridized carbons (Fsp3) is 0.536. The molecule has 2 aromatic carbocycles. The molecule has 3 aromatic rings. The van der Waals surface area contributed by atoms with Gasteiger partial charge in [-0.25, -0.2) is 4.98 Å². The Kier molecular flexibility index (Phi) is 8.22. The number of likely N-dealkylation sites (tertiary alicyclic amines) is 1. The van der Waals surface area contributed by atoms with Crippen molar-refractivity contribution in [3.63, 3.8) is 0 Å². The summed E-state index contributed by atoms with van der Waals surface area (Å²) < 4.78 is 8.47. The summed E-state index contributed by atoms with van der Waals surface area (Å²) in [7, 11) is 0. The van der Waals surface area contributed by atoms with Gasteiger partial charge in [0.1, 0.15) is 11.6 Å². The summed E-state index contributed by atoms with van der Waals surface area (Å²) in [5.41, 5.74) is 4.92. The van der Waals surface area contributed by atoms with Crippen LogP contribution in [0.5, 0.6) is 5.75 Å². The van der Waals surface area contributed by atoms with Gasteiger partial charge in [-0.3, -0.25) is 0 Å². The lowest BCUT2D eigenvalue weighted by Gasteiger charge is -2.19. The van der Waals surface area contributed by atoms with Crippen molar-refractivity contribution >= 4 is 11.0 Å². The molecule has 2 heterocycles. The Morgan fingerprint density at radius 1 is 0.844 bits per heavy atom. The van der Waals surface area contributed by atoms with Crippen LogP contribution in [0.2, 0.25) is 0 Å². The third-order valence-electron chi connectivity index (χ3n) is 6.55. The van der Waals surface area contributed by atoms with E-state index in [0.29, 0.717) is 0 Å². The summed E-state index contributed by atoms with van der Waals surface area (Å²) in [6.45, 7) is 9.77. The number of unbranched alkanes of at least 4 members (excludes halogenated alkanes) is 1. The minimum absolute atomic E-state index is 0.764. The molecule has 1 aliphatic rings. The van der Waals surface area contributed by atoms with Crippen molar-refractivity contribution in [1.29, 1.82) is 0 Å². The molecule has 0 aliphatic carbocycles. The third kappa shape index (κ3) is 6.35. The second-order valence-electron chi connectivity index (χ2n) is 9.41.